The van der Waals surface area contributed by atoms with Gasteiger partial charge in [0.05, 0.1) is 5.52 Å². The lowest BCUT2D eigenvalue weighted by Gasteiger charge is -2.22. The number of carbonyl (C=O) groups is 1. The number of benzene rings is 2. The number of methoxy groups -OCH3 is 1. The quantitative estimate of drug-likeness (QED) is 0.502. The Balaban J connectivity index is 1.59. The van der Waals surface area contributed by atoms with Crippen LogP contribution in [0.25, 0.3) is 27.6 Å². The third kappa shape index (κ3) is 5.11. The van der Waals surface area contributed by atoms with Crippen LogP contribution in [-0.2, 0) is 4.74 Å². The number of ether oxygens (including phenoxy) is 1. The molecule has 1 atom stereocenters. The topological polar surface area (TPSA) is 92.5 Å². The fourth-order valence-electron chi connectivity index (χ4n) is 3.98. The van der Waals surface area contributed by atoms with Gasteiger partial charge < -0.3 is 26.0 Å². The summed E-state index contributed by atoms with van der Waals surface area (Å²) in [5.74, 6) is 0.372. The lowest BCUT2D eigenvalue weighted by Crippen LogP contribution is -2.31. The SMILES string of the molecule is COC1NC=C(c2ccc3nc(N)c(-c4ccc(C(=O)NCCN(C)C)cc4)cc3c2)C=C1C. The van der Waals surface area contributed by atoms with Crippen LogP contribution < -0.4 is 16.4 Å². The number of likely N-dealkylation sites (N-methyl/N-ethyl adjacent to an activating group) is 1. The number of aromatic nitrogens is 1. The van der Waals surface area contributed by atoms with Gasteiger partial charge in [-0.1, -0.05) is 18.2 Å². The first-order valence-electron chi connectivity index (χ1n) is 11.3. The van der Waals surface area contributed by atoms with Crippen LogP contribution in [-0.4, -0.2) is 56.3 Å². The molecule has 176 valence electrons. The first-order chi connectivity index (χ1) is 16.4. The summed E-state index contributed by atoms with van der Waals surface area (Å²) in [5, 5.41) is 7.20. The van der Waals surface area contributed by atoms with E-state index in [0.29, 0.717) is 17.9 Å². The van der Waals surface area contributed by atoms with Gasteiger partial charge in [-0.05, 0) is 79.7 Å². The van der Waals surface area contributed by atoms with E-state index in [1.165, 1.54) is 0 Å². The van der Waals surface area contributed by atoms with Crippen molar-refractivity contribution in [2.45, 2.75) is 13.2 Å². The van der Waals surface area contributed by atoms with E-state index in [0.717, 1.165) is 45.3 Å². The third-order valence-electron chi connectivity index (χ3n) is 5.90. The lowest BCUT2D eigenvalue weighted by molar-refractivity contribution is 0.0951. The predicted octanol–water partition coefficient (Wildman–Crippen LogP) is 3.64. The highest BCUT2D eigenvalue weighted by atomic mass is 16.5. The Kier molecular flexibility index (Phi) is 6.95. The van der Waals surface area contributed by atoms with E-state index in [9.17, 15) is 4.79 Å². The standard InChI is InChI=1S/C27H31N5O2/c1-17-13-22(16-30-27(17)34-4)20-9-10-24-21(14-20)15-23(25(28)31-24)18-5-7-19(8-6-18)26(33)29-11-12-32(2)3/h5-10,13-16,27,30H,11-12H2,1-4H3,(H2,28,31)(H,29,33). The number of allylic oxidation sites excluding steroid dienone is 2. The first kappa shape index (κ1) is 23.5. The smallest absolute Gasteiger partial charge is 0.251 e. The second-order valence-corrected chi connectivity index (χ2v) is 8.74. The van der Waals surface area contributed by atoms with Crippen molar-refractivity contribution < 1.29 is 9.53 Å². The van der Waals surface area contributed by atoms with Gasteiger partial charge in [0.15, 0.2) is 0 Å². The zero-order chi connectivity index (χ0) is 24.2. The number of hydrogen-bond donors (Lipinski definition) is 3. The van der Waals surface area contributed by atoms with E-state index in [1.807, 2.05) is 68.5 Å². The molecular formula is C27H31N5O2. The van der Waals surface area contributed by atoms with Gasteiger partial charge in [0.2, 0.25) is 0 Å². The lowest BCUT2D eigenvalue weighted by atomic mass is 9.98. The van der Waals surface area contributed by atoms with Gasteiger partial charge in [-0.25, -0.2) is 4.98 Å². The van der Waals surface area contributed by atoms with E-state index >= 15 is 0 Å². The number of nitrogens with two attached hydrogens (primary N) is 1. The van der Waals surface area contributed by atoms with Crippen molar-refractivity contribution in [1.29, 1.82) is 0 Å². The van der Waals surface area contributed by atoms with Crippen LogP contribution in [0.2, 0.25) is 0 Å². The number of fused-ring (bicyclic) bond motifs is 1. The molecule has 0 spiro atoms. The summed E-state index contributed by atoms with van der Waals surface area (Å²) >= 11 is 0. The normalized spacial score (nSPS) is 15.6. The highest BCUT2D eigenvalue weighted by molar-refractivity contribution is 5.96. The van der Waals surface area contributed by atoms with Gasteiger partial charge in [-0.2, -0.15) is 0 Å². The second-order valence-electron chi connectivity index (χ2n) is 8.74. The number of nitrogens with zero attached hydrogens (tertiary/aromatic N) is 2. The molecule has 1 amide bonds. The van der Waals surface area contributed by atoms with E-state index in [1.54, 1.807) is 7.11 Å². The first-order valence-corrected chi connectivity index (χ1v) is 11.3. The molecule has 0 saturated heterocycles. The van der Waals surface area contributed by atoms with Gasteiger partial charge in [0.1, 0.15) is 12.0 Å². The summed E-state index contributed by atoms with van der Waals surface area (Å²) in [4.78, 5) is 19.0. The molecule has 0 radical (unpaired) electrons. The van der Waals surface area contributed by atoms with Crippen molar-refractivity contribution in [3.63, 3.8) is 0 Å². The summed E-state index contributed by atoms with van der Waals surface area (Å²) < 4.78 is 5.41. The molecule has 1 aromatic heterocycles. The third-order valence-corrected chi connectivity index (χ3v) is 5.90. The molecule has 3 aromatic rings. The zero-order valence-corrected chi connectivity index (χ0v) is 20.1. The maximum absolute atomic E-state index is 12.4. The highest BCUT2D eigenvalue weighted by Gasteiger charge is 2.15. The van der Waals surface area contributed by atoms with Crippen LogP contribution in [0.3, 0.4) is 0 Å². The van der Waals surface area contributed by atoms with Crippen LogP contribution in [0.4, 0.5) is 5.82 Å². The Hall–Kier alpha value is -3.68. The summed E-state index contributed by atoms with van der Waals surface area (Å²) in [6.45, 7) is 3.44. The second kappa shape index (κ2) is 10.1. The van der Waals surface area contributed by atoms with Crippen molar-refractivity contribution in [2.75, 3.05) is 40.0 Å². The number of dihydropyridines is 1. The monoisotopic (exact) mass is 457 g/mol. The average molecular weight is 458 g/mol. The Bertz CT molecular complexity index is 1260. The van der Waals surface area contributed by atoms with Crippen molar-refractivity contribution >= 4 is 28.2 Å². The predicted molar refractivity (Wildman–Crippen MR) is 138 cm³/mol. The number of amides is 1. The minimum absolute atomic E-state index is 0.0870. The number of anilines is 1. The van der Waals surface area contributed by atoms with Crippen molar-refractivity contribution in [3.05, 3.63) is 77.5 Å². The van der Waals surface area contributed by atoms with Crippen molar-refractivity contribution in [2.24, 2.45) is 0 Å². The molecule has 1 aliphatic rings. The molecule has 7 nitrogen and oxygen atoms in total. The van der Waals surface area contributed by atoms with Crippen LogP contribution in [0.15, 0.2) is 66.4 Å². The summed E-state index contributed by atoms with van der Waals surface area (Å²) in [6.07, 6.45) is 3.99. The Morgan fingerprint density at radius 3 is 2.56 bits per heavy atom. The average Bonchev–Trinajstić information content (AvgIpc) is 2.83. The summed E-state index contributed by atoms with van der Waals surface area (Å²) in [5.41, 5.74) is 12.8. The van der Waals surface area contributed by atoms with Gasteiger partial charge in [0, 0.05) is 42.9 Å². The molecule has 1 unspecified atom stereocenters. The Morgan fingerprint density at radius 1 is 1.15 bits per heavy atom. The number of rotatable bonds is 7. The fraction of sp³-hybridized carbons (Fsp3) is 0.259. The zero-order valence-electron chi connectivity index (χ0n) is 20.1. The number of hydrogen-bond acceptors (Lipinski definition) is 6. The van der Waals surface area contributed by atoms with Crippen LogP contribution in [0.1, 0.15) is 22.8 Å². The highest BCUT2D eigenvalue weighted by Crippen LogP contribution is 2.31. The molecule has 0 fully saturated rings. The molecule has 0 bridgehead atoms. The van der Waals surface area contributed by atoms with E-state index in [2.05, 4.69) is 33.8 Å². The number of nitrogens with one attached hydrogen (secondary N) is 2. The van der Waals surface area contributed by atoms with Crippen molar-refractivity contribution in [1.82, 2.24) is 20.5 Å². The van der Waals surface area contributed by atoms with E-state index < -0.39 is 0 Å². The molecule has 0 aliphatic carbocycles. The van der Waals surface area contributed by atoms with E-state index in [-0.39, 0.29) is 12.1 Å². The molecule has 7 heteroatoms. The van der Waals surface area contributed by atoms with E-state index in [4.69, 9.17) is 10.5 Å². The molecule has 4 N–H and O–H groups in total. The summed E-state index contributed by atoms with van der Waals surface area (Å²) in [7, 11) is 5.64. The molecule has 2 aromatic carbocycles. The minimum atomic E-state index is -0.102. The van der Waals surface area contributed by atoms with Crippen LogP contribution >= 0.6 is 0 Å². The van der Waals surface area contributed by atoms with Gasteiger partial charge in [-0.3, -0.25) is 4.79 Å². The van der Waals surface area contributed by atoms with Gasteiger partial charge in [0.25, 0.3) is 5.91 Å². The molecular weight excluding hydrogens is 426 g/mol. The Morgan fingerprint density at radius 2 is 1.88 bits per heavy atom. The number of pyridine rings is 1. The molecule has 0 saturated carbocycles. The largest absolute Gasteiger partial charge is 0.383 e. The fourth-order valence-corrected chi connectivity index (χ4v) is 3.98. The van der Waals surface area contributed by atoms with Crippen LogP contribution in [0, 0.1) is 0 Å². The Labute approximate surface area is 200 Å². The summed E-state index contributed by atoms with van der Waals surface area (Å²) in [6, 6.07) is 15.7. The maximum Gasteiger partial charge on any atom is 0.251 e. The molecule has 1 aliphatic heterocycles. The van der Waals surface area contributed by atoms with Crippen LogP contribution in [0.5, 0.6) is 0 Å². The number of carbonyl (C=O) groups excluding carboxylic acids is 1. The minimum Gasteiger partial charge on any atom is -0.383 e. The number of nitrogen functional groups attached to an aromatic ring is 1. The molecule has 34 heavy (non-hydrogen) atoms. The maximum atomic E-state index is 12.4. The van der Waals surface area contributed by atoms with Gasteiger partial charge >= 0.3 is 0 Å². The van der Waals surface area contributed by atoms with Crippen molar-refractivity contribution in [3.8, 4) is 11.1 Å². The molecule has 4 rings (SSSR count). The molecule has 2 heterocycles. The van der Waals surface area contributed by atoms with Gasteiger partial charge in [-0.15, -0.1) is 0 Å².